The van der Waals surface area contributed by atoms with Crippen molar-refractivity contribution in [3.05, 3.63) is 35.9 Å². The second-order valence-electron chi connectivity index (χ2n) is 6.53. The lowest BCUT2D eigenvalue weighted by atomic mass is 9.74. The molecular weight excluding hydrogens is 260 g/mol. The van der Waals surface area contributed by atoms with Crippen molar-refractivity contribution in [1.29, 1.82) is 0 Å². The fourth-order valence-corrected chi connectivity index (χ4v) is 3.46. The van der Waals surface area contributed by atoms with E-state index in [1.807, 2.05) is 30.3 Å². The first-order valence-electron chi connectivity index (χ1n) is 8.16. The predicted molar refractivity (Wildman–Crippen MR) is 85.3 cm³/mol. The molecule has 0 bridgehead atoms. The van der Waals surface area contributed by atoms with Crippen molar-refractivity contribution in [3.8, 4) is 0 Å². The van der Waals surface area contributed by atoms with Gasteiger partial charge in [0.1, 0.15) is 5.78 Å². The molecule has 114 valence electrons. The summed E-state index contributed by atoms with van der Waals surface area (Å²) in [6, 6.07) is 9.56. The number of rotatable bonds is 6. The molecule has 0 aliphatic heterocycles. The van der Waals surface area contributed by atoms with Crippen LogP contribution < -0.4 is 0 Å². The number of carbonyl (C=O) groups excluding carboxylic acids is 2. The third-order valence-electron chi connectivity index (χ3n) is 5.07. The number of hydrogen-bond donors (Lipinski definition) is 0. The summed E-state index contributed by atoms with van der Waals surface area (Å²) in [6.07, 6.45) is 5.96. The first kappa shape index (κ1) is 15.9. The fourth-order valence-electron chi connectivity index (χ4n) is 3.46. The molecule has 0 N–H and O–H groups in total. The highest BCUT2D eigenvalue weighted by molar-refractivity contribution is 5.95. The predicted octanol–water partition coefficient (Wildman–Crippen LogP) is 4.68. The van der Waals surface area contributed by atoms with Crippen molar-refractivity contribution in [3.63, 3.8) is 0 Å². The molecule has 2 heteroatoms. The molecule has 1 unspecified atom stereocenters. The highest BCUT2D eigenvalue weighted by Crippen LogP contribution is 2.35. The van der Waals surface area contributed by atoms with Crippen molar-refractivity contribution >= 4 is 11.6 Å². The van der Waals surface area contributed by atoms with E-state index in [0.29, 0.717) is 30.0 Å². The Morgan fingerprint density at radius 1 is 1.10 bits per heavy atom. The maximum absolute atomic E-state index is 12.1. The van der Waals surface area contributed by atoms with Crippen LogP contribution in [0.5, 0.6) is 0 Å². The first-order valence-corrected chi connectivity index (χ1v) is 8.16. The maximum Gasteiger partial charge on any atom is 0.162 e. The molecule has 1 atom stereocenters. The van der Waals surface area contributed by atoms with Gasteiger partial charge < -0.3 is 0 Å². The first-order chi connectivity index (χ1) is 10.1. The van der Waals surface area contributed by atoms with Gasteiger partial charge in [-0.15, -0.1) is 0 Å². The number of ketones is 2. The molecule has 0 aromatic heterocycles. The summed E-state index contributed by atoms with van der Waals surface area (Å²) in [5.74, 6) is 2.15. The standard InChI is InChI=1S/C19H26O2/c1-14(16-9-11-17(12-10-16)15(2)20)8-13-19(21)18-6-4-3-5-7-18/h3-7,14,16-17H,8-13H2,1-2H3. The van der Waals surface area contributed by atoms with Gasteiger partial charge >= 0.3 is 0 Å². The highest BCUT2D eigenvalue weighted by atomic mass is 16.1. The minimum Gasteiger partial charge on any atom is -0.300 e. The minimum absolute atomic E-state index is 0.250. The Morgan fingerprint density at radius 2 is 1.71 bits per heavy atom. The van der Waals surface area contributed by atoms with Crippen LogP contribution in [0.4, 0.5) is 0 Å². The Bertz CT molecular complexity index is 470. The van der Waals surface area contributed by atoms with Gasteiger partial charge in [0, 0.05) is 17.9 Å². The van der Waals surface area contributed by atoms with E-state index in [2.05, 4.69) is 6.92 Å². The molecule has 1 aliphatic carbocycles. The van der Waals surface area contributed by atoms with Gasteiger partial charge in [0.15, 0.2) is 5.78 Å². The van der Waals surface area contributed by atoms with Crippen LogP contribution in [0.1, 0.15) is 62.7 Å². The van der Waals surface area contributed by atoms with Crippen molar-refractivity contribution in [2.45, 2.75) is 52.4 Å². The van der Waals surface area contributed by atoms with E-state index in [-0.39, 0.29) is 5.78 Å². The van der Waals surface area contributed by atoms with Gasteiger partial charge in [-0.25, -0.2) is 0 Å². The van der Waals surface area contributed by atoms with Crippen LogP contribution in [-0.2, 0) is 4.79 Å². The Hall–Kier alpha value is -1.44. The molecule has 0 saturated heterocycles. The van der Waals surface area contributed by atoms with Gasteiger partial charge in [-0.1, -0.05) is 37.3 Å². The molecule has 1 aromatic carbocycles. The Morgan fingerprint density at radius 3 is 2.29 bits per heavy atom. The van der Waals surface area contributed by atoms with E-state index in [4.69, 9.17) is 0 Å². The van der Waals surface area contributed by atoms with E-state index in [1.54, 1.807) is 6.92 Å². The van der Waals surface area contributed by atoms with Crippen molar-refractivity contribution in [1.82, 2.24) is 0 Å². The smallest absolute Gasteiger partial charge is 0.162 e. The van der Waals surface area contributed by atoms with Crippen LogP contribution in [-0.4, -0.2) is 11.6 Å². The summed E-state index contributed by atoms with van der Waals surface area (Å²) >= 11 is 0. The summed E-state index contributed by atoms with van der Waals surface area (Å²) in [7, 11) is 0. The van der Waals surface area contributed by atoms with E-state index in [9.17, 15) is 9.59 Å². The largest absolute Gasteiger partial charge is 0.300 e. The lowest BCUT2D eigenvalue weighted by molar-refractivity contribution is -0.122. The zero-order valence-electron chi connectivity index (χ0n) is 13.2. The van der Waals surface area contributed by atoms with Crippen molar-refractivity contribution in [2.24, 2.45) is 17.8 Å². The number of hydrogen-bond acceptors (Lipinski definition) is 2. The van der Waals surface area contributed by atoms with Crippen LogP contribution in [0.3, 0.4) is 0 Å². The quantitative estimate of drug-likeness (QED) is 0.711. The van der Waals surface area contributed by atoms with E-state index in [0.717, 1.165) is 37.7 Å². The minimum atomic E-state index is 0.250. The molecular formula is C19H26O2. The number of carbonyl (C=O) groups is 2. The van der Waals surface area contributed by atoms with Crippen LogP contribution in [0, 0.1) is 17.8 Å². The van der Waals surface area contributed by atoms with E-state index >= 15 is 0 Å². The third kappa shape index (κ3) is 4.52. The SMILES string of the molecule is CC(=O)C1CCC(C(C)CCC(=O)c2ccccc2)CC1. The van der Waals surface area contributed by atoms with Gasteiger partial charge in [0.05, 0.1) is 0 Å². The van der Waals surface area contributed by atoms with Crippen molar-refractivity contribution < 1.29 is 9.59 Å². The highest BCUT2D eigenvalue weighted by Gasteiger charge is 2.27. The average Bonchev–Trinajstić information content (AvgIpc) is 2.53. The normalized spacial score (nSPS) is 23.5. The summed E-state index contributed by atoms with van der Waals surface area (Å²) in [4.78, 5) is 23.5. The molecule has 1 saturated carbocycles. The maximum atomic E-state index is 12.1. The summed E-state index contributed by atoms with van der Waals surface area (Å²) in [6.45, 7) is 3.98. The van der Waals surface area contributed by atoms with Crippen LogP contribution in [0.25, 0.3) is 0 Å². The van der Waals surface area contributed by atoms with Gasteiger partial charge in [0.25, 0.3) is 0 Å². The Balaban J connectivity index is 1.76. The number of benzene rings is 1. The van der Waals surface area contributed by atoms with Gasteiger partial charge in [-0.2, -0.15) is 0 Å². The molecule has 2 rings (SSSR count). The average molecular weight is 286 g/mol. The molecule has 1 aliphatic rings. The van der Waals surface area contributed by atoms with E-state index < -0.39 is 0 Å². The summed E-state index contributed by atoms with van der Waals surface area (Å²) < 4.78 is 0. The Labute approximate surface area is 127 Å². The monoisotopic (exact) mass is 286 g/mol. The lowest BCUT2D eigenvalue weighted by Crippen LogP contribution is -2.24. The third-order valence-corrected chi connectivity index (χ3v) is 5.07. The summed E-state index contributed by atoms with van der Waals surface area (Å²) in [5, 5.41) is 0. The van der Waals surface area contributed by atoms with Gasteiger partial charge in [-0.3, -0.25) is 9.59 Å². The zero-order chi connectivity index (χ0) is 15.2. The van der Waals surface area contributed by atoms with Crippen molar-refractivity contribution in [2.75, 3.05) is 0 Å². The topological polar surface area (TPSA) is 34.1 Å². The molecule has 0 spiro atoms. The molecule has 0 heterocycles. The molecule has 2 nitrogen and oxygen atoms in total. The van der Waals surface area contributed by atoms with Crippen LogP contribution >= 0.6 is 0 Å². The van der Waals surface area contributed by atoms with Crippen LogP contribution in [0.15, 0.2) is 30.3 Å². The number of Topliss-reactive ketones (excluding diaryl/α,β-unsaturated/α-hetero) is 2. The van der Waals surface area contributed by atoms with Crippen LogP contribution in [0.2, 0.25) is 0 Å². The molecule has 0 radical (unpaired) electrons. The zero-order valence-corrected chi connectivity index (χ0v) is 13.2. The summed E-state index contributed by atoms with van der Waals surface area (Å²) in [5.41, 5.74) is 0.824. The molecule has 1 aromatic rings. The molecule has 0 amide bonds. The fraction of sp³-hybridized carbons (Fsp3) is 0.579. The lowest BCUT2D eigenvalue weighted by Gasteiger charge is -2.31. The van der Waals surface area contributed by atoms with Gasteiger partial charge in [0.2, 0.25) is 0 Å². The van der Waals surface area contributed by atoms with E-state index in [1.165, 1.54) is 0 Å². The van der Waals surface area contributed by atoms with Gasteiger partial charge in [-0.05, 0) is 50.9 Å². The second-order valence-corrected chi connectivity index (χ2v) is 6.53. The molecule has 1 fully saturated rings. The molecule has 21 heavy (non-hydrogen) atoms. The Kier molecular flexibility index (Phi) is 5.72. The second kappa shape index (κ2) is 7.53.